The third-order valence-electron chi connectivity index (χ3n) is 4.95. The van der Waals surface area contributed by atoms with E-state index in [0.717, 1.165) is 17.0 Å². The Morgan fingerprint density at radius 2 is 1.76 bits per heavy atom. The molecule has 174 valence electrons. The van der Waals surface area contributed by atoms with Crippen molar-refractivity contribution in [1.29, 1.82) is 0 Å². The quantitative estimate of drug-likeness (QED) is 0.305. The number of aromatic nitrogens is 5. The van der Waals surface area contributed by atoms with Gasteiger partial charge in [-0.2, -0.15) is 0 Å². The van der Waals surface area contributed by atoms with Gasteiger partial charge in [-0.15, -0.1) is 5.10 Å². The Balaban J connectivity index is 1.69. The molecule has 1 amide bonds. The number of anilines is 1. The Morgan fingerprint density at radius 1 is 1.06 bits per heavy atom. The van der Waals surface area contributed by atoms with Gasteiger partial charge in [0.1, 0.15) is 11.6 Å². The number of halogens is 1. The second kappa shape index (κ2) is 10.0. The number of rotatable bonds is 7. The van der Waals surface area contributed by atoms with Gasteiger partial charge in [-0.3, -0.25) is 4.79 Å². The van der Waals surface area contributed by atoms with Crippen molar-refractivity contribution < 1.29 is 13.9 Å². The molecule has 4 aromatic rings. The first-order chi connectivity index (χ1) is 16.3. The van der Waals surface area contributed by atoms with Crippen molar-refractivity contribution in [3.05, 3.63) is 82.7 Å². The van der Waals surface area contributed by atoms with Gasteiger partial charge in [0.15, 0.2) is 10.9 Å². The van der Waals surface area contributed by atoms with Crippen LogP contribution in [-0.2, 0) is 5.75 Å². The lowest BCUT2D eigenvalue weighted by Crippen LogP contribution is -2.16. The number of nitrogens with zero attached hydrogens (tertiary/aromatic N) is 5. The summed E-state index contributed by atoms with van der Waals surface area (Å²) in [5.74, 6) is 0.0487. The van der Waals surface area contributed by atoms with Crippen molar-refractivity contribution in [1.82, 2.24) is 25.0 Å². The van der Waals surface area contributed by atoms with Crippen molar-refractivity contribution in [3.8, 4) is 11.4 Å². The molecule has 0 atom stereocenters. The van der Waals surface area contributed by atoms with Gasteiger partial charge in [-0.1, -0.05) is 23.0 Å². The zero-order valence-electron chi connectivity index (χ0n) is 19.2. The first-order valence-electron chi connectivity index (χ1n) is 10.5. The molecule has 1 N–H and O–H groups in total. The van der Waals surface area contributed by atoms with Crippen LogP contribution in [0.15, 0.2) is 53.7 Å². The van der Waals surface area contributed by atoms with Gasteiger partial charge in [-0.05, 0) is 68.8 Å². The van der Waals surface area contributed by atoms with Gasteiger partial charge >= 0.3 is 0 Å². The monoisotopic (exact) mass is 478 g/mol. The zero-order valence-corrected chi connectivity index (χ0v) is 20.0. The molecule has 0 fully saturated rings. The fourth-order valence-corrected chi connectivity index (χ4v) is 4.33. The Kier molecular flexibility index (Phi) is 6.87. The molecular weight excluding hydrogens is 455 g/mol. The first kappa shape index (κ1) is 23.4. The maximum Gasteiger partial charge on any atom is 0.278 e. The number of hydrogen-bond acceptors (Lipinski definition) is 7. The first-order valence-corrected chi connectivity index (χ1v) is 11.4. The van der Waals surface area contributed by atoms with Crippen LogP contribution < -0.4 is 10.1 Å². The molecule has 0 spiro atoms. The number of amides is 1. The third-order valence-corrected chi connectivity index (χ3v) is 5.81. The van der Waals surface area contributed by atoms with Crippen LogP contribution in [0.1, 0.15) is 33.1 Å². The summed E-state index contributed by atoms with van der Waals surface area (Å²) in [6.45, 7) is 5.72. The molecule has 0 unspecified atom stereocenters. The van der Waals surface area contributed by atoms with E-state index in [9.17, 15) is 9.18 Å². The van der Waals surface area contributed by atoms with Gasteiger partial charge in [0.05, 0.1) is 24.2 Å². The molecule has 2 heterocycles. The molecule has 0 aliphatic carbocycles. The Labute approximate surface area is 200 Å². The summed E-state index contributed by atoms with van der Waals surface area (Å²) in [5.41, 5.74) is 4.45. The maximum absolute atomic E-state index is 13.5. The Morgan fingerprint density at radius 3 is 2.44 bits per heavy atom. The highest BCUT2D eigenvalue weighted by molar-refractivity contribution is 7.98. The van der Waals surface area contributed by atoms with Gasteiger partial charge < -0.3 is 10.1 Å². The van der Waals surface area contributed by atoms with E-state index < -0.39 is 5.91 Å². The minimum Gasteiger partial charge on any atom is -0.495 e. The van der Waals surface area contributed by atoms with Crippen LogP contribution in [0, 0.1) is 26.6 Å². The van der Waals surface area contributed by atoms with E-state index >= 15 is 0 Å². The normalized spacial score (nSPS) is 10.9. The topological polar surface area (TPSA) is 94.8 Å². The van der Waals surface area contributed by atoms with E-state index in [4.69, 9.17) is 4.74 Å². The summed E-state index contributed by atoms with van der Waals surface area (Å²) in [6, 6.07) is 13.2. The average molecular weight is 479 g/mol. The summed E-state index contributed by atoms with van der Waals surface area (Å²) in [6.07, 6.45) is 0. The fourth-order valence-electron chi connectivity index (χ4n) is 3.39. The van der Waals surface area contributed by atoms with E-state index in [2.05, 4.69) is 25.6 Å². The van der Waals surface area contributed by atoms with E-state index in [1.165, 1.54) is 35.7 Å². The van der Waals surface area contributed by atoms with Crippen LogP contribution in [0.4, 0.5) is 10.1 Å². The second-order valence-corrected chi connectivity index (χ2v) is 8.60. The molecule has 0 radical (unpaired) electrons. The van der Waals surface area contributed by atoms with Crippen molar-refractivity contribution in [3.63, 3.8) is 0 Å². The number of thioether (sulfide) groups is 1. The van der Waals surface area contributed by atoms with Crippen molar-refractivity contribution >= 4 is 23.4 Å². The molecule has 4 rings (SSSR count). The SMILES string of the molecule is COc1ccc(C)cc1NC(=O)c1nnn(-c2ccc(F)cc2)c1CSc1nc(C)cc(C)n1. The van der Waals surface area contributed by atoms with Gasteiger partial charge in [0.25, 0.3) is 5.91 Å². The summed E-state index contributed by atoms with van der Waals surface area (Å²) < 4.78 is 20.4. The number of benzene rings is 2. The van der Waals surface area contributed by atoms with Gasteiger partial charge in [-0.25, -0.2) is 19.0 Å². The van der Waals surface area contributed by atoms with Crippen molar-refractivity contribution in [2.75, 3.05) is 12.4 Å². The van der Waals surface area contributed by atoms with Gasteiger partial charge in [0, 0.05) is 17.1 Å². The lowest BCUT2D eigenvalue weighted by Gasteiger charge is -2.11. The number of nitrogens with one attached hydrogen (secondary N) is 1. The van der Waals surface area contributed by atoms with Crippen LogP contribution in [-0.4, -0.2) is 38.0 Å². The summed E-state index contributed by atoms with van der Waals surface area (Å²) in [4.78, 5) is 22.2. The minimum atomic E-state index is -0.436. The minimum absolute atomic E-state index is 0.143. The average Bonchev–Trinajstić information content (AvgIpc) is 3.22. The van der Waals surface area contributed by atoms with E-state index in [1.54, 1.807) is 18.2 Å². The molecule has 0 aliphatic heterocycles. The van der Waals surface area contributed by atoms with E-state index in [1.807, 2.05) is 39.0 Å². The predicted octanol–water partition coefficient (Wildman–Crippen LogP) is 4.67. The molecule has 0 aliphatic rings. The number of carbonyl (C=O) groups excluding carboxylic acids is 1. The predicted molar refractivity (Wildman–Crippen MR) is 128 cm³/mol. The summed E-state index contributed by atoms with van der Waals surface area (Å²) in [7, 11) is 1.54. The standard InChI is InChI=1S/C24H23FN6O2S/c1-14-5-10-21(33-4)19(11-14)28-23(32)22-20(13-34-24-26-15(2)12-16(3)27-24)31(30-29-22)18-8-6-17(25)7-9-18/h5-12H,13H2,1-4H3,(H,28,32). The molecular formula is C24H23FN6O2S. The van der Waals surface area contributed by atoms with Crippen LogP contribution in [0.5, 0.6) is 5.75 Å². The number of methoxy groups -OCH3 is 1. The highest BCUT2D eigenvalue weighted by atomic mass is 32.2. The number of hydrogen-bond donors (Lipinski definition) is 1. The molecule has 8 nitrogen and oxygen atoms in total. The molecule has 0 saturated heterocycles. The van der Waals surface area contributed by atoms with Crippen LogP contribution >= 0.6 is 11.8 Å². The van der Waals surface area contributed by atoms with Crippen LogP contribution in [0.3, 0.4) is 0 Å². The van der Waals surface area contributed by atoms with Crippen molar-refractivity contribution in [2.45, 2.75) is 31.7 Å². The van der Waals surface area contributed by atoms with Gasteiger partial charge in [0.2, 0.25) is 0 Å². The largest absolute Gasteiger partial charge is 0.495 e. The van der Waals surface area contributed by atoms with Crippen molar-refractivity contribution in [2.24, 2.45) is 0 Å². The van der Waals surface area contributed by atoms with Crippen LogP contribution in [0.2, 0.25) is 0 Å². The zero-order chi connectivity index (χ0) is 24.2. The Hall–Kier alpha value is -3.79. The molecule has 0 bridgehead atoms. The Bertz CT molecular complexity index is 1320. The lowest BCUT2D eigenvalue weighted by molar-refractivity contribution is 0.102. The molecule has 2 aromatic carbocycles. The summed E-state index contributed by atoms with van der Waals surface area (Å²) >= 11 is 1.36. The van der Waals surface area contributed by atoms with E-state index in [-0.39, 0.29) is 11.5 Å². The second-order valence-electron chi connectivity index (χ2n) is 7.65. The smallest absolute Gasteiger partial charge is 0.278 e. The molecule has 10 heteroatoms. The van der Waals surface area contributed by atoms with E-state index in [0.29, 0.717) is 33.7 Å². The van der Waals surface area contributed by atoms with Crippen LogP contribution in [0.25, 0.3) is 5.69 Å². The highest BCUT2D eigenvalue weighted by Gasteiger charge is 2.22. The molecule has 2 aromatic heterocycles. The highest BCUT2D eigenvalue weighted by Crippen LogP contribution is 2.28. The fraction of sp³-hybridized carbons (Fsp3) is 0.208. The number of carbonyl (C=O) groups is 1. The molecule has 0 saturated carbocycles. The number of ether oxygens (including phenoxy) is 1. The lowest BCUT2D eigenvalue weighted by atomic mass is 10.2. The maximum atomic E-state index is 13.5. The summed E-state index contributed by atoms with van der Waals surface area (Å²) in [5, 5.41) is 11.8. The molecule has 34 heavy (non-hydrogen) atoms. The number of aryl methyl sites for hydroxylation is 3. The third kappa shape index (κ3) is 5.23.